The Morgan fingerprint density at radius 3 is 2.55 bits per heavy atom. The summed E-state index contributed by atoms with van der Waals surface area (Å²) in [4.78, 5) is 11.8. The zero-order chi connectivity index (χ0) is 16.0. The van der Waals surface area contributed by atoms with E-state index in [4.69, 9.17) is 9.47 Å². The van der Waals surface area contributed by atoms with Crippen LogP contribution in [0.2, 0.25) is 0 Å². The zero-order valence-corrected chi connectivity index (χ0v) is 14.1. The van der Waals surface area contributed by atoms with Gasteiger partial charge in [-0.3, -0.25) is 0 Å². The molecule has 0 amide bonds. The van der Waals surface area contributed by atoms with Crippen molar-refractivity contribution in [2.24, 2.45) is 5.92 Å². The number of carbonyl (C=O) groups is 1. The maximum absolute atomic E-state index is 11.8. The molecule has 1 aromatic carbocycles. The monoisotopic (exact) mass is 304 g/mol. The summed E-state index contributed by atoms with van der Waals surface area (Å²) >= 11 is 0. The summed E-state index contributed by atoms with van der Waals surface area (Å²) in [6.45, 7) is 7.15. The van der Waals surface area contributed by atoms with Crippen molar-refractivity contribution in [2.75, 3.05) is 13.2 Å². The van der Waals surface area contributed by atoms with Crippen LogP contribution in [0.25, 0.3) is 0 Å². The maximum atomic E-state index is 11.8. The molecule has 3 heteroatoms. The number of hydrogen-bond acceptors (Lipinski definition) is 3. The first-order valence-corrected chi connectivity index (χ1v) is 8.46. The number of esters is 1. The van der Waals surface area contributed by atoms with Gasteiger partial charge in [0.25, 0.3) is 0 Å². The van der Waals surface area contributed by atoms with Crippen LogP contribution < -0.4 is 0 Å². The lowest BCUT2D eigenvalue weighted by Crippen LogP contribution is -2.27. The molecule has 1 heterocycles. The van der Waals surface area contributed by atoms with Gasteiger partial charge < -0.3 is 9.47 Å². The Labute approximate surface area is 134 Å². The molecule has 0 aliphatic carbocycles. The lowest BCUT2D eigenvalue weighted by Gasteiger charge is -2.16. The molecule has 1 saturated heterocycles. The highest BCUT2D eigenvalue weighted by Crippen LogP contribution is 2.35. The zero-order valence-electron chi connectivity index (χ0n) is 14.1. The predicted octanol–water partition coefficient (Wildman–Crippen LogP) is 4.07. The number of carbonyl (C=O) groups excluding carboxylic acids is 1. The number of hydrogen-bond donors (Lipinski definition) is 0. The fraction of sp³-hybridized carbons (Fsp3) is 0.632. The number of benzene rings is 1. The maximum Gasteiger partial charge on any atom is 0.340 e. The van der Waals surface area contributed by atoms with E-state index in [0.717, 1.165) is 25.7 Å². The van der Waals surface area contributed by atoms with E-state index in [1.807, 2.05) is 6.92 Å². The van der Waals surface area contributed by atoms with Gasteiger partial charge in [0.05, 0.1) is 13.2 Å². The van der Waals surface area contributed by atoms with Crippen molar-refractivity contribution >= 4 is 5.97 Å². The van der Waals surface area contributed by atoms with Crippen LogP contribution in [-0.4, -0.2) is 24.8 Å². The van der Waals surface area contributed by atoms with Crippen molar-refractivity contribution in [3.8, 4) is 0 Å². The molecule has 2 unspecified atom stereocenters. The number of rotatable bonds is 9. The van der Waals surface area contributed by atoms with Crippen molar-refractivity contribution in [3.63, 3.8) is 0 Å². The third kappa shape index (κ3) is 4.57. The van der Waals surface area contributed by atoms with Gasteiger partial charge in [-0.2, -0.15) is 0 Å². The average molecular weight is 304 g/mol. The van der Waals surface area contributed by atoms with E-state index in [2.05, 4.69) is 38.1 Å². The summed E-state index contributed by atoms with van der Waals surface area (Å²) in [6, 6.07) is 8.80. The average Bonchev–Trinajstić information content (AvgIpc) is 3.30. The van der Waals surface area contributed by atoms with Gasteiger partial charge >= 0.3 is 5.97 Å². The van der Waals surface area contributed by atoms with Crippen molar-refractivity contribution in [1.29, 1.82) is 0 Å². The Morgan fingerprint density at radius 2 is 2.00 bits per heavy atom. The second kappa shape index (κ2) is 7.77. The van der Waals surface area contributed by atoms with Crippen LogP contribution in [0.3, 0.4) is 0 Å². The SMILES string of the molecule is CCOC(=O)C1(CCCC(CC)Cc2ccc(C)cc2)CO1. The largest absolute Gasteiger partial charge is 0.464 e. The van der Waals surface area contributed by atoms with Gasteiger partial charge in [0.1, 0.15) is 0 Å². The molecule has 1 aliphatic heterocycles. The van der Waals surface area contributed by atoms with Gasteiger partial charge in [-0.15, -0.1) is 0 Å². The first-order valence-electron chi connectivity index (χ1n) is 8.46. The van der Waals surface area contributed by atoms with Crippen LogP contribution in [0.15, 0.2) is 24.3 Å². The molecule has 1 aromatic rings. The lowest BCUT2D eigenvalue weighted by molar-refractivity contribution is -0.149. The molecule has 0 aromatic heterocycles. The molecular formula is C19H28O3. The van der Waals surface area contributed by atoms with E-state index in [1.165, 1.54) is 17.5 Å². The van der Waals surface area contributed by atoms with Crippen LogP contribution in [0.1, 0.15) is 50.7 Å². The first kappa shape index (κ1) is 17.0. The van der Waals surface area contributed by atoms with Gasteiger partial charge in [0, 0.05) is 0 Å². The number of aryl methyl sites for hydroxylation is 1. The molecule has 1 aliphatic rings. The highest BCUT2D eigenvalue weighted by Gasteiger charge is 2.53. The summed E-state index contributed by atoms with van der Waals surface area (Å²) in [5.74, 6) is 0.488. The Kier molecular flexibility index (Phi) is 6.01. The first-order chi connectivity index (χ1) is 10.6. The topological polar surface area (TPSA) is 38.8 Å². The molecule has 0 spiro atoms. The molecule has 22 heavy (non-hydrogen) atoms. The van der Waals surface area contributed by atoms with E-state index in [9.17, 15) is 4.79 Å². The summed E-state index contributed by atoms with van der Waals surface area (Å²) in [5, 5.41) is 0. The fourth-order valence-electron chi connectivity index (χ4n) is 2.90. The van der Waals surface area contributed by atoms with E-state index >= 15 is 0 Å². The number of epoxide rings is 1. The Hall–Kier alpha value is -1.35. The van der Waals surface area contributed by atoms with Crippen LogP contribution in [0.5, 0.6) is 0 Å². The minimum Gasteiger partial charge on any atom is -0.464 e. The van der Waals surface area contributed by atoms with Crippen molar-refractivity contribution in [1.82, 2.24) is 0 Å². The molecule has 0 N–H and O–H groups in total. The summed E-state index contributed by atoms with van der Waals surface area (Å²) in [6.07, 6.45) is 5.22. The predicted molar refractivity (Wildman–Crippen MR) is 87.8 cm³/mol. The van der Waals surface area contributed by atoms with Gasteiger partial charge in [0.2, 0.25) is 0 Å². The third-order valence-electron chi connectivity index (χ3n) is 4.56. The minimum absolute atomic E-state index is 0.179. The number of ether oxygens (including phenoxy) is 2. The molecular weight excluding hydrogens is 276 g/mol. The molecule has 1 fully saturated rings. The van der Waals surface area contributed by atoms with Crippen LogP contribution in [-0.2, 0) is 20.7 Å². The lowest BCUT2D eigenvalue weighted by atomic mass is 9.90. The van der Waals surface area contributed by atoms with Gasteiger partial charge in [-0.1, -0.05) is 49.6 Å². The van der Waals surface area contributed by atoms with E-state index in [-0.39, 0.29) is 5.97 Å². The quantitative estimate of drug-likeness (QED) is 0.510. The molecule has 0 bridgehead atoms. The standard InChI is InChI=1S/C19H28O3/c1-4-16(13-17-10-8-15(3)9-11-17)7-6-12-19(14-22-19)18(20)21-5-2/h8-11,16H,4-7,12-14H2,1-3H3. The van der Waals surface area contributed by atoms with Crippen LogP contribution in [0.4, 0.5) is 0 Å². The summed E-state index contributed by atoms with van der Waals surface area (Å²) < 4.78 is 10.5. The molecule has 3 nitrogen and oxygen atoms in total. The molecule has 122 valence electrons. The highest BCUT2D eigenvalue weighted by molar-refractivity contribution is 5.82. The highest BCUT2D eigenvalue weighted by atomic mass is 16.6. The molecule has 2 atom stereocenters. The van der Waals surface area contributed by atoms with Crippen LogP contribution in [0, 0.1) is 12.8 Å². The van der Waals surface area contributed by atoms with Crippen molar-refractivity contribution < 1.29 is 14.3 Å². The van der Waals surface area contributed by atoms with Gasteiger partial charge in [-0.25, -0.2) is 4.79 Å². The Morgan fingerprint density at radius 1 is 1.32 bits per heavy atom. The van der Waals surface area contributed by atoms with Crippen molar-refractivity contribution in [2.45, 2.75) is 58.5 Å². The second-order valence-electron chi connectivity index (χ2n) is 6.36. The van der Waals surface area contributed by atoms with Crippen molar-refractivity contribution in [3.05, 3.63) is 35.4 Å². The van der Waals surface area contributed by atoms with E-state index in [0.29, 0.717) is 19.1 Å². The normalized spacial score (nSPS) is 21.4. The third-order valence-corrected chi connectivity index (χ3v) is 4.56. The smallest absolute Gasteiger partial charge is 0.340 e. The van der Waals surface area contributed by atoms with E-state index in [1.54, 1.807) is 0 Å². The Bertz CT molecular complexity index is 474. The van der Waals surface area contributed by atoms with E-state index < -0.39 is 5.60 Å². The summed E-state index contributed by atoms with van der Waals surface area (Å²) in [7, 11) is 0. The summed E-state index contributed by atoms with van der Waals surface area (Å²) in [5.41, 5.74) is 2.09. The van der Waals surface area contributed by atoms with Gasteiger partial charge in [-0.05, 0) is 44.6 Å². The molecule has 0 radical (unpaired) electrons. The molecule has 0 saturated carbocycles. The second-order valence-corrected chi connectivity index (χ2v) is 6.36. The minimum atomic E-state index is -0.613. The molecule has 2 rings (SSSR count). The fourth-order valence-corrected chi connectivity index (χ4v) is 2.90. The Balaban J connectivity index is 1.77. The van der Waals surface area contributed by atoms with Gasteiger partial charge in [0.15, 0.2) is 5.60 Å². The van der Waals surface area contributed by atoms with Crippen LogP contribution >= 0.6 is 0 Å².